The van der Waals surface area contributed by atoms with Crippen LogP contribution in [0.25, 0.3) is 0 Å². The predicted octanol–water partition coefficient (Wildman–Crippen LogP) is -0.0362. The summed E-state index contributed by atoms with van der Waals surface area (Å²) < 4.78 is 17.6. The third-order valence-corrected chi connectivity index (χ3v) is 6.55. The second kappa shape index (κ2) is 8.66. The molecule has 2 heterocycles. The van der Waals surface area contributed by atoms with Crippen LogP contribution >= 0.6 is 0 Å². The van der Waals surface area contributed by atoms with Crippen LogP contribution in [0.3, 0.4) is 0 Å². The highest BCUT2D eigenvalue weighted by Gasteiger charge is 2.58. The van der Waals surface area contributed by atoms with Gasteiger partial charge >= 0.3 is 5.97 Å². The van der Waals surface area contributed by atoms with E-state index in [2.05, 4.69) is 6.92 Å². The predicted molar refractivity (Wildman–Crippen MR) is 104 cm³/mol. The van der Waals surface area contributed by atoms with Crippen molar-refractivity contribution in [1.29, 1.82) is 0 Å². The minimum Gasteiger partial charge on any atom is -0.478 e. The Hall–Kier alpha value is -1.33. The number of aliphatic carboxylic acids is 1. The first-order valence-electron chi connectivity index (χ1n) is 10.2. The van der Waals surface area contributed by atoms with Crippen LogP contribution in [0.1, 0.15) is 33.6 Å². The molecule has 5 N–H and O–H groups in total. The Morgan fingerprint density at radius 2 is 1.87 bits per heavy atom. The zero-order valence-corrected chi connectivity index (χ0v) is 17.5. The molecule has 3 aliphatic rings. The summed E-state index contributed by atoms with van der Waals surface area (Å²) in [6, 6.07) is 0. The van der Waals surface area contributed by atoms with Gasteiger partial charge in [0.05, 0.1) is 24.9 Å². The molecule has 9 heteroatoms. The molecule has 1 saturated carbocycles. The van der Waals surface area contributed by atoms with Crippen molar-refractivity contribution >= 4 is 5.97 Å². The van der Waals surface area contributed by atoms with Gasteiger partial charge in [-0.2, -0.15) is 0 Å². The highest BCUT2D eigenvalue weighted by Crippen LogP contribution is 2.55. The molecule has 2 aliphatic heterocycles. The Morgan fingerprint density at radius 3 is 2.47 bits per heavy atom. The number of hydrogen-bond donors (Lipinski definition) is 5. The number of carboxylic acids is 1. The minimum atomic E-state index is -1.48. The molecule has 1 aliphatic carbocycles. The quantitative estimate of drug-likeness (QED) is 0.291. The van der Waals surface area contributed by atoms with E-state index >= 15 is 0 Å². The van der Waals surface area contributed by atoms with Gasteiger partial charge in [-0.05, 0) is 25.8 Å². The topological polar surface area (TPSA) is 146 Å². The number of ether oxygens (including phenoxy) is 3. The standard InChI is InChI=1S/C21H32O9/c1-11(6-15(23)24)4-5-14-20(2)7-12(8-21(14,3)28-10-20)29-19-18(27)17(26)16(25)13(9-22)30-19/h4-6,12-14,16-19,22,25-27H,7-10H2,1-3H3,(H,23,24)/b5-4+,11-6+/t12-,13-,14-,16-,17+,18-,19-,20-,21-/m1/s1. The van der Waals surface area contributed by atoms with Crippen molar-refractivity contribution in [3.8, 4) is 0 Å². The minimum absolute atomic E-state index is 0.0387. The molecular formula is C21H32O9. The molecule has 3 rings (SSSR count). The number of allylic oxidation sites excluding steroid dienone is 2. The Labute approximate surface area is 175 Å². The second-order valence-corrected chi connectivity index (χ2v) is 9.18. The molecule has 0 aromatic rings. The number of carbonyl (C=O) groups is 1. The molecular weight excluding hydrogens is 396 g/mol. The fraction of sp³-hybridized carbons (Fsp3) is 0.762. The van der Waals surface area contributed by atoms with Gasteiger partial charge in [0, 0.05) is 23.8 Å². The summed E-state index contributed by atoms with van der Waals surface area (Å²) in [6.07, 6.45) is -0.825. The maximum Gasteiger partial charge on any atom is 0.328 e. The van der Waals surface area contributed by atoms with Crippen molar-refractivity contribution in [1.82, 2.24) is 0 Å². The van der Waals surface area contributed by atoms with Crippen molar-refractivity contribution in [2.24, 2.45) is 11.3 Å². The number of aliphatic hydroxyl groups is 4. The van der Waals surface area contributed by atoms with Crippen LogP contribution in [-0.2, 0) is 19.0 Å². The molecule has 170 valence electrons. The average Bonchev–Trinajstić information content (AvgIpc) is 2.80. The van der Waals surface area contributed by atoms with Crippen molar-refractivity contribution in [3.05, 3.63) is 23.8 Å². The van der Waals surface area contributed by atoms with Crippen molar-refractivity contribution in [3.63, 3.8) is 0 Å². The van der Waals surface area contributed by atoms with Gasteiger partial charge in [0.2, 0.25) is 0 Å². The highest BCUT2D eigenvalue weighted by atomic mass is 16.7. The van der Waals surface area contributed by atoms with Crippen molar-refractivity contribution < 1.29 is 44.5 Å². The zero-order valence-electron chi connectivity index (χ0n) is 17.5. The van der Waals surface area contributed by atoms with Crippen LogP contribution in [0.15, 0.2) is 23.8 Å². The summed E-state index contributed by atoms with van der Waals surface area (Å²) in [7, 11) is 0. The molecule has 9 atom stereocenters. The lowest BCUT2D eigenvalue weighted by atomic mass is 9.62. The molecule has 0 aromatic carbocycles. The largest absolute Gasteiger partial charge is 0.478 e. The van der Waals surface area contributed by atoms with Gasteiger partial charge in [-0.25, -0.2) is 4.79 Å². The van der Waals surface area contributed by atoms with E-state index in [0.717, 1.165) is 6.08 Å². The molecule has 30 heavy (non-hydrogen) atoms. The normalized spacial score (nSPS) is 47.0. The molecule has 0 spiro atoms. The molecule has 3 fully saturated rings. The summed E-state index contributed by atoms with van der Waals surface area (Å²) in [6.45, 7) is 5.78. The SMILES string of the molecule is CC(/C=C/[C@@H]1[C@@]2(C)CO[C@]1(C)C[C@H](O[C@@H]1O[C@H](CO)[C@@H](O)[C@H](O)[C@H]1O)C2)=C\C(=O)O. The molecule has 0 aromatic heterocycles. The van der Waals surface area contributed by atoms with Crippen molar-refractivity contribution in [2.75, 3.05) is 13.2 Å². The molecule has 0 radical (unpaired) electrons. The third kappa shape index (κ3) is 4.47. The summed E-state index contributed by atoms with van der Waals surface area (Å²) in [5.74, 6) is -0.956. The van der Waals surface area contributed by atoms with Crippen LogP contribution in [0, 0.1) is 11.3 Å². The fourth-order valence-corrected chi connectivity index (χ4v) is 5.05. The van der Waals surface area contributed by atoms with E-state index in [1.165, 1.54) is 0 Å². The van der Waals surface area contributed by atoms with Gasteiger partial charge < -0.3 is 39.7 Å². The number of aliphatic hydroxyl groups excluding tert-OH is 4. The van der Waals surface area contributed by atoms with Gasteiger partial charge in [-0.3, -0.25) is 0 Å². The smallest absolute Gasteiger partial charge is 0.328 e. The van der Waals surface area contributed by atoms with Gasteiger partial charge in [-0.15, -0.1) is 0 Å². The van der Waals surface area contributed by atoms with Crippen LogP contribution < -0.4 is 0 Å². The van der Waals surface area contributed by atoms with Crippen LogP contribution in [0.2, 0.25) is 0 Å². The lowest BCUT2D eigenvalue weighted by Crippen LogP contribution is -2.60. The second-order valence-electron chi connectivity index (χ2n) is 9.18. The fourth-order valence-electron chi connectivity index (χ4n) is 5.05. The van der Waals surface area contributed by atoms with Crippen LogP contribution in [0.4, 0.5) is 0 Å². The van der Waals surface area contributed by atoms with Gasteiger partial charge in [-0.1, -0.05) is 19.1 Å². The third-order valence-electron chi connectivity index (χ3n) is 6.55. The van der Waals surface area contributed by atoms with Crippen LogP contribution in [0.5, 0.6) is 0 Å². The summed E-state index contributed by atoms with van der Waals surface area (Å²) >= 11 is 0. The summed E-state index contributed by atoms with van der Waals surface area (Å²) in [5, 5.41) is 48.4. The van der Waals surface area contributed by atoms with Crippen LogP contribution in [-0.4, -0.2) is 87.1 Å². The van der Waals surface area contributed by atoms with E-state index < -0.39 is 48.9 Å². The zero-order chi connectivity index (χ0) is 22.3. The molecule has 2 bridgehead atoms. The Bertz CT molecular complexity index is 685. The van der Waals surface area contributed by atoms with E-state index in [1.807, 2.05) is 13.0 Å². The monoisotopic (exact) mass is 428 g/mol. The Morgan fingerprint density at radius 1 is 1.17 bits per heavy atom. The van der Waals surface area contributed by atoms with E-state index in [9.17, 15) is 25.2 Å². The number of carboxylic acid groups (broad SMARTS) is 1. The van der Waals surface area contributed by atoms with E-state index in [-0.39, 0.29) is 17.4 Å². The molecule has 0 unspecified atom stereocenters. The Kier molecular flexibility index (Phi) is 6.74. The molecule has 0 amide bonds. The maximum atomic E-state index is 10.8. The first kappa shape index (κ1) is 23.3. The van der Waals surface area contributed by atoms with Gasteiger partial charge in [0.1, 0.15) is 24.4 Å². The Balaban J connectivity index is 1.72. The van der Waals surface area contributed by atoms with E-state index in [0.29, 0.717) is 25.0 Å². The van der Waals surface area contributed by atoms with Gasteiger partial charge in [0.15, 0.2) is 6.29 Å². The van der Waals surface area contributed by atoms with Gasteiger partial charge in [0.25, 0.3) is 0 Å². The number of rotatable bonds is 6. The van der Waals surface area contributed by atoms with E-state index in [4.69, 9.17) is 19.3 Å². The summed E-state index contributed by atoms with van der Waals surface area (Å²) in [4.78, 5) is 10.8. The maximum absolute atomic E-state index is 10.8. The lowest BCUT2D eigenvalue weighted by molar-refractivity contribution is -0.316. The lowest BCUT2D eigenvalue weighted by Gasteiger charge is -2.47. The summed E-state index contributed by atoms with van der Waals surface area (Å²) in [5.41, 5.74) is -0.189. The molecule has 9 nitrogen and oxygen atoms in total. The molecule has 2 saturated heterocycles. The number of hydrogen-bond acceptors (Lipinski definition) is 8. The first-order chi connectivity index (χ1) is 14.0. The number of fused-ring (bicyclic) bond motifs is 2. The average molecular weight is 428 g/mol. The first-order valence-corrected chi connectivity index (χ1v) is 10.2. The van der Waals surface area contributed by atoms with E-state index in [1.54, 1.807) is 13.0 Å². The van der Waals surface area contributed by atoms with Crippen molar-refractivity contribution in [2.45, 2.75) is 76.0 Å². The highest BCUT2D eigenvalue weighted by molar-refractivity contribution is 5.81.